The van der Waals surface area contributed by atoms with E-state index in [1.165, 1.54) is 0 Å². The van der Waals surface area contributed by atoms with Crippen LogP contribution in [0, 0.1) is 23.3 Å². The number of benzene rings is 1. The average Bonchev–Trinajstić information content (AvgIpc) is 2.54. The van der Waals surface area contributed by atoms with E-state index in [1.807, 2.05) is 4.91 Å². The van der Waals surface area contributed by atoms with Gasteiger partial charge < -0.3 is 4.74 Å². The van der Waals surface area contributed by atoms with E-state index in [4.69, 9.17) is 5.53 Å². The number of azide groups is 1. The average molecular weight is 367 g/mol. The van der Waals surface area contributed by atoms with Crippen LogP contribution in [0.4, 0.5) is 23.2 Å². The van der Waals surface area contributed by atoms with Crippen LogP contribution in [-0.4, -0.2) is 26.7 Å². The van der Waals surface area contributed by atoms with Gasteiger partial charge >= 0.3 is 5.97 Å². The van der Waals surface area contributed by atoms with E-state index in [9.17, 15) is 30.8 Å². The fourth-order valence-corrected chi connectivity index (χ4v) is 2.20. The van der Waals surface area contributed by atoms with Crippen LogP contribution in [0.2, 0.25) is 0 Å². The van der Waals surface area contributed by atoms with Crippen molar-refractivity contribution in [2.75, 3.05) is 12.4 Å². The lowest BCUT2D eigenvalue weighted by atomic mass is 10.1. The first-order valence-electron chi connectivity index (χ1n) is 6.09. The van der Waals surface area contributed by atoms with Crippen molar-refractivity contribution in [3.05, 3.63) is 51.3 Å². The maximum atomic E-state index is 13.7. The van der Waals surface area contributed by atoms with Crippen LogP contribution in [0.1, 0.15) is 16.8 Å². The highest BCUT2D eigenvalue weighted by atomic mass is 32.2. The summed E-state index contributed by atoms with van der Waals surface area (Å²) in [5.41, 5.74) is 4.86. The molecule has 0 aliphatic carbocycles. The van der Waals surface area contributed by atoms with Crippen molar-refractivity contribution in [2.24, 2.45) is 5.11 Å². The van der Waals surface area contributed by atoms with Gasteiger partial charge in [0.05, 0.1) is 12.4 Å². The largest absolute Gasteiger partial charge is 0.462 e. The van der Waals surface area contributed by atoms with Gasteiger partial charge in [-0.25, -0.2) is 30.8 Å². The molecule has 0 aliphatic rings. The number of hydrogen-bond donors (Lipinski definition) is 0. The number of ether oxygens (including phenoxy) is 1. The maximum Gasteiger partial charge on any atom is 0.344 e. The first-order chi connectivity index (χ1) is 11.2. The molecule has 1 rings (SSSR count). The number of sulfone groups is 1. The van der Waals surface area contributed by atoms with Crippen LogP contribution in [0.3, 0.4) is 0 Å². The predicted molar refractivity (Wildman–Crippen MR) is 74.0 cm³/mol. The summed E-state index contributed by atoms with van der Waals surface area (Å²) in [4.78, 5) is 13.6. The number of nitrogens with zero attached hydrogens (tertiary/aromatic N) is 3. The maximum absolute atomic E-state index is 13.7. The molecule has 0 aliphatic heterocycles. The van der Waals surface area contributed by atoms with Crippen molar-refractivity contribution in [1.82, 2.24) is 0 Å². The van der Waals surface area contributed by atoms with Gasteiger partial charge in [-0.05, 0) is 12.0 Å². The van der Waals surface area contributed by atoms with Crippen molar-refractivity contribution in [1.29, 1.82) is 0 Å². The van der Waals surface area contributed by atoms with Gasteiger partial charge in [0.1, 0.15) is 11.3 Å². The smallest absolute Gasteiger partial charge is 0.344 e. The Labute approximate surface area is 133 Å². The molecule has 0 unspecified atom stereocenters. The molecule has 0 saturated heterocycles. The van der Waals surface area contributed by atoms with Crippen LogP contribution in [0.25, 0.3) is 10.4 Å². The van der Waals surface area contributed by atoms with E-state index in [1.54, 1.807) is 0 Å². The van der Waals surface area contributed by atoms with Gasteiger partial charge in [-0.1, -0.05) is 11.7 Å². The Kier molecular flexibility index (Phi) is 6.32. The highest BCUT2D eigenvalue weighted by Gasteiger charge is 2.29. The second-order valence-corrected chi connectivity index (χ2v) is 6.26. The topological polar surface area (TPSA) is 109 Å². The molecule has 0 atom stereocenters. The standard InChI is InChI=1S/C12H9F4N3O4S/c1-2-24(21,22)5-3-4-23-12(20)6-7(13)9(15)11(18-19-17)10(16)8(6)14/h2H,1,3-5H2. The van der Waals surface area contributed by atoms with Gasteiger partial charge in [0.25, 0.3) is 0 Å². The quantitative estimate of drug-likeness (QED) is 0.140. The molecule has 0 amide bonds. The summed E-state index contributed by atoms with van der Waals surface area (Å²) in [7, 11) is -3.57. The SMILES string of the molecule is C=CS(=O)(=O)CCCOC(=O)c1c(F)c(F)c(N=[N+]=[N-])c(F)c1F. The number of rotatable bonds is 7. The molecule has 0 saturated carbocycles. The minimum atomic E-state index is -3.57. The van der Waals surface area contributed by atoms with Gasteiger partial charge in [-0.2, -0.15) is 0 Å². The first-order valence-corrected chi connectivity index (χ1v) is 7.81. The third-order valence-electron chi connectivity index (χ3n) is 2.65. The second-order valence-electron chi connectivity index (χ2n) is 4.19. The lowest BCUT2D eigenvalue weighted by molar-refractivity contribution is 0.0492. The summed E-state index contributed by atoms with van der Waals surface area (Å²) in [6.45, 7) is 2.47. The molecule has 0 radical (unpaired) electrons. The molecule has 0 spiro atoms. The van der Waals surface area contributed by atoms with Crippen molar-refractivity contribution in [2.45, 2.75) is 6.42 Å². The first kappa shape index (κ1) is 19.5. The van der Waals surface area contributed by atoms with E-state index in [2.05, 4.69) is 16.4 Å². The Morgan fingerprint density at radius 3 is 2.21 bits per heavy atom. The zero-order valence-electron chi connectivity index (χ0n) is 11.8. The van der Waals surface area contributed by atoms with Crippen LogP contribution < -0.4 is 0 Å². The molecule has 0 aromatic heterocycles. The van der Waals surface area contributed by atoms with E-state index in [0.29, 0.717) is 5.41 Å². The predicted octanol–water partition coefficient (Wildman–Crippen LogP) is 3.29. The van der Waals surface area contributed by atoms with Crippen molar-refractivity contribution < 1.29 is 35.5 Å². The summed E-state index contributed by atoms with van der Waals surface area (Å²) < 4.78 is 80.9. The molecular weight excluding hydrogens is 358 g/mol. The molecule has 0 fully saturated rings. The molecule has 130 valence electrons. The fraction of sp³-hybridized carbons (Fsp3) is 0.250. The Morgan fingerprint density at radius 2 is 1.75 bits per heavy atom. The summed E-state index contributed by atoms with van der Waals surface area (Å²) in [5.74, 6) is -10.5. The van der Waals surface area contributed by atoms with Crippen molar-refractivity contribution in [3.63, 3.8) is 0 Å². The summed E-state index contributed by atoms with van der Waals surface area (Å²) in [5, 5.41) is 3.14. The highest BCUT2D eigenvalue weighted by Crippen LogP contribution is 2.30. The molecule has 0 bridgehead atoms. The summed E-state index contributed by atoms with van der Waals surface area (Å²) in [6.07, 6.45) is -0.231. The van der Waals surface area contributed by atoms with E-state index >= 15 is 0 Å². The number of carbonyl (C=O) groups excluding carboxylic acids is 1. The van der Waals surface area contributed by atoms with Crippen LogP contribution in [0.15, 0.2) is 17.1 Å². The number of hydrogen-bond acceptors (Lipinski definition) is 5. The molecule has 0 N–H and O–H groups in total. The van der Waals surface area contributed by atoms with Crippen LogP contribution >= 0.6 is 0 Å². The number of carbonyl (C=O) groups is 1. The third kappa shape index (κ3) is 4.24. The Hall–Kier alpha value is -2.59. The van der Waals surface area contributed by atoms with Gasteiger partial charge in [0, 0.05) is 10.3 Å². The zero-order valence-corrected chi connectivity index (χ0v) is 12.6. The normalized spacial score (nSPS) is 10.8. The molecule has 1 aromatic rings. The Balaban J connectivity index is 3.00. The Bertz CT molecular complexity index is 806. The van der Waals surface area contributed by atoms with Crippen LogP contribution in [-0.2, 0) is 14.6 Å². The minimum Gasteiger partial charge on any atom is -0.462 e. The lowest BCUT2D eigenvalue weighted by Crippen LogP contribution is -2.15. The number of halogens is 4. The summed E-state index contributed by atoms with van der Waals surface area (Å²) >= 11 is 0. The monoisotopic (exact) mass is 367 g/mol. The molecule has 7 nitrogen and oxygen atoms in total. The van der Waals surface area contributed by atoms with Crippen LogP contribution in [0.5, 0.6) is 0 Å². The van der Waals surface area contributed by atoms with E-state index in [0.717, 1.165) is 0 Å². The Morgan fingerprint density at radius 1 is 1.21 bits per heavy atom. The van der Waals surface area contributed by atoms with E-state index < -0.39 is 62.7 Å². The highest BCUT2D eigenvalue weighted by molar-refractivity contribution is 7.94. The fourth-order valence-electron chi connectivity index (χ4n) is 1.51. The lowest BCUT2D eigenvalue weighted by Gasteiger charge is -2.09. The molecule has 12 heteroatoms. The van der Waals surface area contributed by atoms with Crippen molar-refractivity contribution in [3.8, 4) is 0 Å². The molecule has 1 aromatic carbocycles. The minimum absolute atomic E-state index is 0.231. The van der Waals surface area contributed by atoms with Gasteiger partial charge in [0.15, 0.2) is 33.1 Å². The summed E-state index contributed by atoms with van der Waals surface area (Å²) in [6, 6.07) is 0. The van der Waals surface area contributed by atoms with Crippen molar-refractivity contribution >= 4 is 21.5 Å². The third-order valence-corrected chi connectivity index (χ3v) is 4.01. The zero-order chi connectivity index (χ0) is 18.5. The van der Waals surface area contributed by atoms with Gasteiger partial charge in [-0.3, -0.25) is 0 Å². The molecule has 24 heavy (non-hydrogen) atoms. The molecule has 0 heterocycles. The van der Waals surface area contributed by atoms with Gasteiger partial charge in [-0.15, -0.1) is 0 Å². The second kappa shape index (κ2) is 7.79. The van der Waals surface area contributed by atoms with Gasteiger partial charge in [0.2, 0.25) is 0 Å². The van der Waals surface area contributed by atoms with E-state index in [-0.39, 0.29) is 6.42 Å². The molecular formula is C12H9F4N3O4S. The number of esters is 1.